The molecule has 144 valence electrons. The molecule has 7 nitrogen and oxygen atoms in total. The largest absolute Gasteiger partial charge is 0.369 e. The van der Waals surface area contributed by atoms with Gasteiger partial charge in [-0.3, -0.25) is 0 Å². The Morgan fingerprint density at radius 3 is 2.27 bits per heavy atom. The molecule has 0 N–H and O–H groups in total. The molecule has 0 aromatic carbocycles. The first-order valence-electron chi connectivity index (χ1n) is 9.93. The number of fused-ring (bicyclic) bond motifs is 2. The van der Waals surface area contributed by atoms with Crippen LogP contribution in [0.25, 0.3) is 0 Å². The highest BCUT2D eigenvalue weighted by Gasteiger charge is 2.61. The van der Waals surface area contributed by atoms with Gasteiger partial charge in [-0.15, -0.1) is 0 Å². The van der Waals surface area contributed by atoms with Crippen LogP contribution in [-0.2, 0) is 28.4 Å². The average molecular weight is 365 g/mol. The van der Waals surface area contributed by atoms with Crippen molar-refractivity contribution in [3.05, 3.63) is 0 Å². The normalized spacial score (nSPS) is 57.6. The van der Waals surface area contributed by atoms with Crippen LogP contribution in [-0.4, -0.2) is 75.7 Å². The molecule has 4 heterocycles. The van der Waals surface area contributed by atoms with Crippen molar-refractivity contribution in [2.75, 3.05) is 33.0 Å². The lowest BCUT2D eigenvalue weighted by Gasteiger charge is -2.53. The van der Waals surface area contributed by atoms with Gasteiger partial charge in [-0.05, 0) is 19.6 Å². The minimum absolute atomic E-state index is 0.208. The summed E-state index contributed by atoms with van der Waals surface area (Å²) in [5.41, 5.74) is -0.217. The molecule has 2 aliphatic carbocycles. The molecule has 0 amide bonds. The topological polar surface area (TPSA) is 74.3 Å². The summed E-state index contributed by atoms with van der Waals surface area (Å²) in [4.78, 5) is 4.11. The van der Waals surface area contributed by atoms with Gasteiger partial charge in [-0.25, -0.2) is 0 Å². The summed E-state index contributed by atoms with van der Waals surface area (Å²) in [6, 6.07) is 0. The van der Waals surface area contributed by atoms with Gasteiger partial charge in [-0.2, -0.15) is 0 Å². The van der Waals surface area contributed by atoms with Crippen molar-refractivity contribution in [3.8, 4) is 0 Å². The van der Waals surface area contributed by atoms with E-state index in [1.54, 1.807) is 0 Å². The number of hydrogen-bond acceptors (Lipinski definition) is 7. The van der Waals surface area contributed by atoms with E-state index in [0.29, 0.717) is 51.3 Å². The predicted molar refractivity (Wildman–Crippen MR) is 90.0 cm³/mol. The van der Waals surface area contributed by atoms with Crippen LogP contribution in [0.1, 0.15) is 32.1 Å². The Bertz CT molecular complexity index is 593. The highest BCUT2D eigenvalue weighted by Crippen LogP contribution is 2.52. The van der Waals surface area contributed by atoms with Crippen molar-refractivity contribution in [2.45, 2.75) is 68.1 Å². The Hall–Kier alpha value is -0.570. The van der Waals surface area contributed by atoms with E-state index in [0.717, 1.165) is 32.1 Å². The molecule has 0 aromatic heterocycles. The van der Waals surface area contributed by atoms with Gasteiger partial charge in [0.1, 0.15) is 0 Å². The molecule has 2 saturated carbocycles. The third-order valence-electron chi connectivity index (χ3n) is 7.20. The van der Waals surface area contributed by atoms with Crippen LogP contribution < -0.4 is 0 Å². The van der Waals surface area contributed by atoms with Crippen molar-refractivity contribution in [3.63, 3.8) is 0 Å². The fourth-order valence-corrected chi connectivity index (χ4v) is 5.29. The molecule has 6 fully saturated rings. The molecular weight excluding hydrogens is 338 g/mol. The predicted octanol–water partition coefficient (Wildman–Crippen LogP) is 1.29. The van der Waals surface area contributed by atoms with E-state index in [-0.39, 0.29) is 17.4 Å². The van der Waals surface area contributed by atoms with Crippen LogP contribution >= 0.6 is 0 Å². The average Bonchev–Trinajstić information content (AvgIpc) is 3.56. The summed E-state index contributed by atoms with van der Waals surface area (Å²) in [6.45, 7) is 6.74. The molecule has 6 rings (SSSR count). The summed E-state index contributed by atoms with van der Waals surface area (Å²) in [5.74, 6) is -0.827. The number of epoxide rings is 2. The van der Waals surface area contributed by atoms with E-state index in [1.807, 2.05) is 0 Å². The standard InChI is InChI=1S/C19H27NO6/c1-20-7-12-4-14-16(26-14)6-19(12)23-10-17(11-24-19)8-21-18(22-9-17)3-2-13-15(5-18)25-13/h12-16H,1-11H2. The van der Waals surface area contributed by atoms with E-state index in [4.69, 9.17) is 28.4 Å². The van der Waals surface area contributed by atoms with Gasteiger partial charge < -0.3 is 33.4 Å². The van der Waals surface area contributed by atoms with Crippen molar-refractivity contribution < 1.29 is 28.4 Å². The molecule has 0 bridgehead atoms. The van der Waals surface area contributed by atoms with Gasteiger partial charge in [-0.1, -0.05) is 0 Å². The van der Waals surface area contributed by atoms with Crippen LogP contribution in [0.4, 0.5) is 0 Å². The van der Waals surface area contributed by atoms with E-state index in [9.17, 15) is 0 Å². The molecular formula is C19H27NO6. The lowest BCUT2D eigenvalue weighted by atomic mass is 9.80. The number of ether oxygens (including phenoxy) is 6. The molecule has 26 heavy (non-hydrogen) atoms. The summed E-state index contributed by atoms with van der Waals surface area (Å²) in [5, 5.41) is 0. The van der Waals surface area contributed by atoms with Crippen molar-refractivity contribution in [1.82, 2.24) is 0 Å². The second kappa shape index (κ2) is 5.49. The zero-order chi connectivity index (χ0) is 17.4. The van der Waals surface area contributed by atoms with Crippen LogP contribution in [0.2, 0.25) is 0 Å². The molecule has 3 spiro atoms. The number of hydrogen-bond donors (Lipinski definition) is 0. The maximum atomic E-state index is 6.39. The van der Waals surface area contributed by atoms with Crippen molar-refractivity contribution in [1.29, 1.82) is 0 Å². The monoisotopic (exact) mass is 365 g/mol. The molecule has 0 aromatic rings. The summed E-state index contributed by atoms with van der Waals surface area (Å²) in [7, 11) is 0. The minimum atomic E-state index is -0.584. The second-order valence-electron chi connectivity index (χ2n) is 9.09. The summed E-state index contributed by atoms with van der Waals surface area (Å²) >= 11 is 0. The molecule has 5 atom stereocenters. The van der Waals surface area contributed by atoms with Gasteiger partial charge in [0.25, 0.3) is 0 Å². The zero-order valence-corrected chi connectivity index (χ0v) is 15.1. The first-order valence-corrected chi connectivity index (χ1v) is 9.93. The molecule has 0 radical (unpaired) electrons. The van der Waals surface area contributed by atoms with E-state index >= 15 is 0 Å². The number of aliphatic imine (C=N–C) groups is 1. The van der Waals surface area contributed by atoms with Gasteiger partial charge in [0, 0.05) is 31.7 Å². The van der Waals surface area contributed by atoms with Crippen LogP contribution in [0.5, 0.6) is 0 Å². The van der Waals surface area contributed by atoms with E-state index in [2.05, 4.69) is 11.7 Å². The Morgan fingerprint density at radius 1 is 0.846 bits per heavy atom. The first-order chi connectivity index (χ1) is 12.6. The van der Waals surface area contributed by atoms with Crippen molar-refractivity contribution in [2.24, 2.45) is 16.3 Å². The maximum absolute atomic E-state index is 6.39. The Kier molecular flexibility index (Phi) is 3.46. The lowest BCUT2D eigenvalue weighted by Crippen LogP contribution is -2.62. The third-order valence-corrected chi connectivity index (χ3v) is 7.20. The van der Waals surface area contributed by atoms with Gasteiger partial charge in [0.15, 0.2) is 11.6 Å². The first kappa shape index (κ1) is 16.4. The number of nitrogens with zero attached hydrogens (tertiary/aromatic N) is 1. The van der Waals surface area contributed by atoms with Gasteiger partial charge in [0.2, 0.25) is 0 Å². The smallest absolute Gasteiger partial charge is 0.175 e. The maximum Gasteiger partial charge on any atom is 0.175 e. The molecule has 4 aliphatic heterocycles. The highest BCUT2D eigenvalue weighted by molar-refractivity contribution is 5.23. The van der Waals surface area contributed by atoms with Gasteiger partial charge in [0.05, 0.1) is 56.3 Å². The van der Waals surface area contributed by atoms with Crippen LogP contribution in [0.3, 0.4) is 0 Å². The molecule has 6 aliphatic rings. The highest BCUT2D eigenvalue weighted by atomic mass is 16.7. The quantitative estimate of drug-likeness (QED) is 0.542. The third kappa shape index (κ3) is 2.52. The Morgan fingerprint density at radius 2 is 1.54 bits per heavy atom. The second-order valence-corrected chi connectivity index (χ2v) is 9.09. The fourth-order valence-electron chi connectivity index (χ4n) is 5.29. The summed E-state index contributed by atoms with van der Waals surface area (Å²) in [6.07, 6.45) is 5.95. The Balaban J connectivity index is 1.12. The molecule has 5 unspecified atom stereocenters. The van der Waals surface area contributed by atoms with E-state index in [1.165, 1.54) is 0 Å². The fraction of sp³-hybridized carbons (Fsp3) is 0.947. The van der Waals surface area contributed by atoms with E-state index < -0.39 is 11.6 Å². The van der Waals surface area contributed by atoms with Crippen LogP contribution in [0.15, 0.2) is 4.99 Å². The Labute approximate surface area is 153 Å². The molecule has 4 saturated heterocycles. The number of rotatable bonds is 2. The SMILES string of the molecule is C=NCC1CC2OC2CC12OCC1(COC3(CCC4OC4C3)OC1)CO2. The minimum Gasteiger partial charge on any atom is -0.369 e. The van der Waals surface area contributed by atoms with Crippen LogP contribution in [0, 0.1) is 11.3 Å². The molecule has 7 heteroatoms. The lowest BCUT2D eigenvalue weighted by molar-refractivity contribution is -0.383. The van der Waals surface area contributed by atoms with Crippen molar-refractivity contribution >= 4 is 6.72 Å². The zero-order valence-electron chi connectivity index (χ0n) is 15.1. The van der Waals surface area contributed by atoms with Gasteiger partial charge >= 0.3 is 0 Å². The summed E-state index contributed by atoms with van der Waals surface area (Å²) < 4.78 is 36.7.